The van der Waals surface area contributed by atoms with Gasteiger partial charge in [-0.3, -0.25) is 19.2 Å². The third-order valence-corrected chi connectivity index (χ3v) is 2.03. The highest BCUT2D eigenvalue weighted by molar-refractivity contribution is 5.91. The van der Waals surface area contributed by atoms with Crippen LogP contribution in [0.15, 0.2) is 0 Å². The molecule has 0 saturated carbocycles. The highest BCUT2D eigenvalue weighted by atomic mass is 16.4. The van der Waals surface area contributed by atoms with Crippen LogP contribution in [0.25, 0.3) is 0 Å². The zero-order valence-electron chi connectivity index (χ0n) is 10.7. The van der Waals surface area contributed by atoms with Crippen molar-refractivity contribution >= 4 is 23.7 Å². The van der Waals surface area contributed by atoms with Crippen LogP contribution in [-0.4, -0.2) is 54.0 Å². The van der Waals surface area contributed by atoms with Gasteiger partial charge in [0.25, 0.3) is 0 Å². The number of hydrogen-bond donors (Lipinski definition) is 5. The number of rotatable bonds is 7. The minimum absolute atomic E-state index is 0.371. The molecular weight excluding hydrogens is 256 g/mol. The fourth-order valence-corrected chi connectivity index (χ4v) is 0.968. The number of carbonyl (C=O) groups is 4. The molecular formula is C10H18N4O5. The molecule has 0 aromatic heterocycles. The van der Waals surface area contributed by atoms with E-state index in [0.717, 1.165) is 0 Å². The fraction of sp³-hybridized carbons (Fsp3) is 0.600. The number of nitrogens with two attached hydrogens (primary N) is 1. The standard InChI is InChI=1S/C10H18N4O5/c1-5(11)9(18)14-6(2)10(19)13-3-7(15)12-4-8(16)17/h5-6H,3-4,11H2,1-2H3,(H,12,15)(H,13,19)(H,14,18)(H,16,17). The van der Waals surface area contributed by atoms with Crippen molar-refractivity contribution in [1.29, 1.82) is 0 Å². The average Bonchev–Trinajstić information content (AvgIpc) is 2.32. The SMILES string of the molecule is CC(N)C(=O)NC(C)C(=O)NCC(=O)NCC(=O)O. The van der Waals surface area contributed by atoms with Crippen LogP contribution >= 0.6 is 0 Å². The molecule has 0 aromatic rings. The lowest BCUT2D eigenvalue weighted by Gasteiger charge is -2.15. The van der Waals surface area contributed by atoms with Gasteiger partial charge in [-0.25, -0.2) is 0 Å². The summed E-state index contributed by atoms with van der Waals surface area (Å²) in [4.78, 5) is 44.0. The summed E-state index contributed by atoms with van der Waals surface area (Å²) < 4.78 is 0. The molecule has 3 amide bonds. The first-order valence-corrected chi connectivity index (χ1v) is 5.56. The van der Waals surface area contributed by atoms with Gasteiger partial charge in [-0.2, -0.15) is 0 Å². The molecule has 0 saturated heterocycles. The smallest absolute Gasteiger partial charge is 0.322 e. The van der Waals surface area contributed by atoms with Crippen molar-refractivity contribution in [2.45, 2.75) is 25.9 Å². The Kier molecular flexibility index (Phi) is 7.12. The Labute approximate surface area is 109 Å². The van der Waals surface area contributed by atoms with Crippen LogP contribution in [0.3, 0.4) is 0 Å². The molecule has 0 fully saturated rings. The predicted molar refractivity (Wildman–Crippen MR) is 64.9 cm³/mol. The van der Waals surface area contributed by atoms with E-state index in [1.165, 1.54) is 13.8 Å². The van der Waals surface area contributed by atoms with Gasteiger partial charge in [0.05, 0.1) is 12.6 Å². The molecule has 0 aliphatic carbocycles. The summed E-state index contributed by atoms with van der Waals surface area (Å²) in [6.07, 6.45) is 0. The molecule has 2 atom stereocenters. The van der Waals surface area contributed by atoms with Gasteiger partial charge in [-0.05, 0) is 13.8 Å². The third kappa shape index (κ3) is 7.71. The zero-order valence-corrected chi connectivity index (χ0v) is 10.7. The summed E-state index contributed by atoms with van der Waals surface area (Å²) in [5.74, 6) is -2.88. The van der Waals surface area contributed by atoms with Crippen molar-refractivity contribution in [3.63, 3.8) is 0 Å². The van der Waals surface area contributed by atoms with Gasteiger partial charge in [0.2, 0.25) is 17.7 Å². The molecule has 6 N–H and O–H groups in total. The van der Waals surface area contributed by atoms with E-state index in [9.17, 15) is 19.2 Å². The first kappa shape index (κ1) is 16.8. The second-order valence-electron chi connectivity index (χ2n) is 3.91. The van der Waals surface area contributed by atoms with Crippen LogP contribution in [0.2, 0.25) is 0 Å². The Morgan fingerprint density at radius 1 is 1.05 bits per heavy atom. The van der Waals surface area contributed by atoms with Gasteiger partial charge in [0, 0.05) is 0 Å². The average molecular weight is 274 g/mol. The van der Waals surface area contributed by atoms with E-state index in [2.05, 4.69) is 16.0 Å². The highest BCUT2D eigenvalue weighted by Gasteiger charge is 2.17. The predicted octanol–water partition coefficient (Wildman–Crippen LogP) is -2.84. The largest absolute Gasteiger partial charge is 0.480 e. The minimum atomic E-state index is -1.18. The van der Waals surface area contributed by atoms with Crippen molar-refractivity contribution in [2.24, 2.45) is 5.73 Å². The van der Waals surface area contributed by atoms with Crippen LogP contribution in [-0.2, 0) is 19.2 Å². The van der Waals surface area contributed by atoms with Crippen molar-refractivity contribution in [1.82, 2.24) is 16.0 Å². The van der Waals surface area contributed by atoms with E-state index in [-0.39, 0.29) is 6.54 Å². The first-order valence-electron chi connectivity index (χ1n) is 5.56. The monoisotopic (exact) mass is 274 g/mol. The van der Waals surface area contributed by atoms with E-state index in [4.69, 9.17) is 10.8 Å². The van der Waals surface area contributed by atoms with Gasteiger partial charge < -0.3 is 26.8 Å². The van der Waals surface area contributed by atoms with Crippen LogP contribution in [0, 0.1) is 0 Å². The van der Waals surface area contributed by atoms with Crippen molar-refractivity contribution < 1.29 is 24.3 Å². The summed E-state index contributed by atoms with van der Waals surface area (Å²) in [6.45, 7) is 2.01. The Balaban J connectivity index is 4.00. The number of carboxylic acids is 1. The third-order valence-electron chi connectivity index (χ3n) is 2.03. The summed E-state index contributed by atoms with van der Waals surface area (Å²) in [6, 6.07) is -1.58. The van der Waals surface area contributed by atoms with E-state index < -0.39 is 42.3 Å². The van der Waals surface area contributed by atoms with Crippen LogP contribution < -0.4 is 21.7 Å². The molecule has 108 valence electrons. The Bertz CT molecular complexity index is 369. The molecule has 0 aliphatic rings. The van der Waals surface area contributed by atoms with E-state index >= 15 is 0 Å². The molecule has 0 rings (SSSR count). The number of hydrogen-bond acceptors (Lipinski definition) is 5. The first-order chi connectivity index (χ1) is 8.73. The molecule has 0 radical (unpaired) electrons. The number of aliphatic carboxylic acids is 1. The second kappa shape index (κ2) is 8.03. The summed E-state index contributed by atoms with van der Waals surface area (Å²) in [7, 11) is 0. The van der Waals surface area contributed by atoms with Crippen molar-refractivity contribution in [2.75, 3.05) is 13.1 Å². The molecule has 0 spiro atoms. The van der Waals surface area contributed by atoms with Crippen LogP contribution in [0.5, 0.6) is 0 Å². The fourth-order valence-electron chi connectivity index (χ4n) is 0.968. The molecule has 9 heteroatoms. The molecule has 19 heavy (non-hydrogen) atoms. The van der Waals surface area contributed by atoms with Crippen molar-refractivity contribution in [3.8, 4) is 0 Å². The second-order valence-corrected chi connectivity index (χ2v) is 3.91. The van der Waals surface area contributed by atoms with Gasteiger partial charge in [0.1, 0.15) is 12.6 Å². The van der Waals surface area contributed by atoms with Crippen LogP contribution in [0.1, 0.15) is 13.8 Å². The maximum Gasteiger partial charge on any atom is 0.322 e. The highest BCUT2D eigenvalue weighted by Crippen LogP contribution is 1.84. The normalized spacial score (nSPS) is 13.0. The minimum Gasteiger partial charge on any atom is -0.480 e. The lowest BCUT2D eigenvalue weighted by Crippen LogP contribution is -2.51. The van der Waals surface area contributed by atoms with Gasteiger partial charge in [-0.1, -0.05) is 0 Å². The Hall–Kier alpha value is -2.16. The number of amides is 3. The lowest BCUT2D eigenvalue weighted by atomic mass is 10.2. The quantitative estimate of drug-likeness (QED) is 0.337. The van der Waals surface area contributed by atoms with Crippen molar-refractivity contribution in [3.05, 3.63) is 0 Å². The Morgan fingerprint density at radius 3 is 2.11 bits per heavy atom. The molecule has 0 aliphatic heterocycles. The molecule has 0 heterocycles. The maximum atomic E-state index is 11.5. The molecule has 0 aromatic carbocycles. The summed E-state index contributed by atoms with van der Waals surface area (Å²) >= 11 is 0. The maximum absolute atomic E-state index is 11.5. The Morgan fingerprint density at radius 2 is 1.63 bits per heavy atom. The number of carbonyl (C=O) groups excluding carboxylic acids is 3. The topological polar surface area (TPSA) is 151 Å². The van der Waals surface area contributed by atoms with E-state index in [1.54, 1.807) is 0 Å². The summed E-state index contributed by atoms with van der Waals surface area (Å²) in [5.41, 5.74) is 5.31. The number of carboxylic acid groups (broad SMARTS) is 1. The summed E-state index contributed by atoms with van der Waals surface area (Å²) in [5, 5.41) is 15.0. The van der Waals surface area contributed by atoms with Gasteiger partial charge in [0.15, 0.2) is 0 Å². The lowest BCUT2D eigenvalue weighted by molar-refractivity contribution is -0.138. The molecule has 2 unspecified atom stereocenters. The van der Waals surface area contributed by atoms with E-state index in [0.29, 0.717) is 0 Å². The molecule has 0 bridgehead atoms. The van der Waals surface area contributed by atoms with Crippen LogP contribution in [0.4, 0.5) is 0 Å². The zero-order chi connectivity index (χ0) is 15.0. The number of nitrogens with one attached hydrogen (secondary N) is 3. The van der Waals surface area contributed by atoms with Gasteiger partial charge >= 0.3 is 5.97 Å². The van der Waals surface area contributed by atoms with E-state index in [1.807, 2.05) is 0 Å². The molecule has 9 nitrogen and oxygen atoms in total. The van der Waals surface area contributed by atoms with Gasteiger partial charge in [-0.15, -0.1) is 0 Å².